The average Bonchev–Trinajstić information content (AvgIpc) is 2.63. The summed E-state index contributed by atoms with van der Waals surface area (Å²) < 4.78 is 2.24. The molecule has 2 heterocycles. The van der Waals surface area contributed by atoms with Crippen LogP contribution in [0.1, 0.15) is 16.1 Å². The van der Waals surface area contributed by atoms with Crippen LogP contribution in [0.5, 0.6) is 0 Å². The first-order chi connectivity index (χ1) is 11.9. The fraction of sp³-hybridized carbons (Fsp3) is 0.176. The van der Waals surface area contributed by atoms with Crippen LogP contribution < -0.4 is 16.6 Å². The first kappa shape index (κ1) is 16.9. The molecule has 0 aliphatic heterocycles. The van der Waals surface area contributed by atoms with Crippen LogP contribution in [-0.2, 0) is 20.6 Å². The third kappa shape index (κ3) is 3.06. The SMILES string of the molecule is Cn1c(=O)c2ccc(C(=O)NCc3ccccc3Cl)nc2n(C)c1=O. The number of carbonyl (C=O) groups excluding carboxylic acids is 1. The lowest BCUT2D eigenvalue weighted by Gasteiger charge is -2.09. The van der Waals surface area contributed by atoms with Gasteiger partial charge in [-0.05, 0) is 23.8 Å². The number of nitrogens with zero attached hydrogens (tertiary/aromatic N) is 3. The number of carbonyl (C=O) groups is 1. The van der Waals surface area contributed by atoms with E-state index >= 15 is 0 Å². The second-order valence-electron chi connectivity index (χ2n) is 5.55. The molecule has 0 aliphatic carbocycles. The molecule has 0 atom stereocenters. The van der Waals surface area contributed by atoms with Crippen LogP contribution in [0, 0.1) is 0 Å². The molecule has 0 saturated carbocycles. The molecule has 0 fully saturated rings. The molecule has 7 nitrogen and oxygen atoms in total. The second kappa shape index (κ2) is 6.52. The molecule has 128 valence electrons. The van der Waals surface area contributed by atoms with Gasteiger partial charge >= 0.3 is 5.69 Å². The van der Waals surface area contributed by atoms with Gasteiger partial charge in [-0.2, -0.15) is 0 Å². The standard InChI is InChI=1S/C17H15ClN4O3/c1-21-14-11(16(24)22(2)17(21)25)7-8-13(20-14)15(23)19-9-10-5-3-4-6-12(10)18/h3-8H,9H2,1-2H3,(H,19,23). The number of aromatic nitrogens is 3. The van der Waals surface area contributed by atoms with E-state index in [1.807, 2.05) is 12.1 Å². The number of fused-ring (bicyclic) bond motifs is 1. The van der Waals surface area contributed by atoms with Crippen LogP contribution >= 0.6 is 11.6 Å². The molecule has 0 bridgehead atoms. The minimum Gasteiger partial charge on any atom is -0.347 e. The van der Waals surface area contributed by atoms with Crippen LogP contribution in [0.3, 0.4) is 0 Å². The molecular weight excluding hydrogens is 344 g/mol. The lowest BCUT2D eigenvalue weighted by molar-refractivity contribution is 0.0946. The highest BCUT2D eigenvalue weighted by Crippen LogP contribution is 2.14. The molecule has 8 heteroatoms. The van der Waals surface area contributed by atoms with Crippen LogP contribution in [0.2, 0.25) is 5.02 Å². The zero-order valence-corrected chi connectivity index (χ0v) is 14.4. The summed E-state index contributed by atoms with van der Waals surface area (Å²) in [6.45, 7) is 0.244. The average molecular weight is 359 g/mol. The van der Waals surface area contributed by atoms with Gasteiger partial charge in [-0.3, -0.25) is 18.7 Å². The molecule has 3 aromatic rings. The van der Waals surface area contributed by atoms with E-state index in [2.05, 4.69) is 10.3 Å². The summed E-state index contributed by atoms with van der Waals surface area (Å²) in [4.78, 5) is 40.6. The molecule has 1 aromatic carbocycles. The Balaban J connectivity index is 1.94. The number of pyridine rings is 1. The van der Waals surface area contributed by atoms with E-state index in [0.717, 1.165) is 10.1 Å². The van der Waals surface area contributed by atoms with Gasteiger partial charge in [0, 0.05) is 25.7 Å². The Labute approximate surface area is 147 Å². The molecule has 1 N–H and O–H groups in total. The molecule has 0 unspecified atom stereocenters. The summed E-state index contributed by atoms with van der Waals surface area (Å²) in [6, 6.07) is 10.1. The van der Waals surface area contributed by atoms with E-state index in [4.69, 9.17) is 11.6 Å². The van der Waals surface area contributed by atoms with Crippen molar-refractivity contribution in [3.8, 4) is 0 Å². The summed E-state index contributed by atoms with van der Waals surface area (Å²) in [5, 5.41) is 3.55. The van der Waals surface area contributed by atoms with Crippen molar-refractivity contribution in [2.24, 2.45) is 14.1 Å². The minimum absolute atomic E-state index is 0.114. The predicted molar refractivity (Wildman–Crippen MR) is 94.8 cm³/mol. The monoisotopic (exact) mass is 358 g/mol. The Bertz CT molecular complexity index is 1100. The van der Waals surface area contributed by atoms with Gasteiger partial charge in [0.25, 0.3) is 11.5 Å². The predicted octanol–water partition coefficient (Wildman–Crippen LogP) is 1.22. The van der Waals surface area contributed by atoms with Gasteiger partial charge in [-0.15, -0.1) is 0 Å². The fourth-order valence-corrected chi connectivity index (χ4v) is 2.69. The van der Waals surface area contributed by atoms with E-state index < -0.39 is 17.2 Å². The molecule has 0 aliphatic rings. The first-order valence-electron chi connectivity index (χ1n) is 7.48. The van der Waals surface area contributed by atoms with Crippen molar-refractivity contribution in [1.82, 2.24) is 19.4 Å². The fourth-order valence-electron chi connectivity index (χ4n) is 2.49. The lowest BCUT2D eigenvalue weighted by atomic mass is 10.2. The van der Waals surface area contributed by atoms with E-state index in [9.17, 15) is 14.4 Å². The Hall–Kier alpha value is -2.93. The largest absolute Gasteiger partial charge is 0.347 e. The van der Waals surface area contributed by atoms with Gasteiger partial charge in [0.2, 0.25) is 0 Å². The number of rotatable bonds is 3. The van der Waals surface area contributed by atoms with Crippen LogP contribution in [0.15, 0.2) is 46.0 Å². The van der Waals surface area contributed by atoms with Crippen LogP contribution in [-0.4, -0.2) is 20.0 Å². The molecule has 3 rings (SSSR count). The third-order valence-electron chi connectivity index (χ3n) is 3.93. The Kier molecular flexibility index (Phi) is 4.41. The zero-order chi connectivity index (χ0) is 18.1. The van der Waals surface area contributed by atoms with Crippen LogP contribution in [0.4, 0.5) is 0 Å². The molecule has 0 saturated heterocycles. The Morgan fingerprint density at radius 1 is 1.12 bits per heavy atom. The molecule has 0 spiro atoms. The summed E-state index contributed by atoms with van der Waals surface area (Å²) >= 11 is 6.06. The van der Waals surface area contributed by atoms with Gasteiger partial charge in [0.15, 0.2) is 0 Å². The number of hydrogen-bond donors (Lipinski definition) is 1. The van der Waals surface area contributed by atoms with E-state index in [-0.39, 0.29) is 23.3 Å². The van der Waals surface area contributed by atoms with Gasteiger partial charge in [0.1, 0.15) is 11.3 Å². The highest BCUT2D eigenvalue weighted by atomic mass is 35.5. The highest BCUT2D eigenvalue weighted by molar-refractivity contribution is 6.31. The molecular formula is C17H15ClN4O3. The van der Waals surface area contributed by atoms with Crippen molar-refractivity contribution in [3.63, 3.8) is 0 Å². The maximum atomic E-state index is 12.3. The van der Waals surface area contributed by atoms with E-state index in [1.54, 1.807) is 12.1 Å². The topological polar surface area (TPSA) is 86.0 Å². The van der Waals surface area contributed by atoms with Crippen molar-refractivity contribution in [1.29, 1.82) is 0 Å². The summed E-state index contributed by atoms with van der Waals surface area (Å²) in [6.07, 6.45) is 0. The zero-order valence-electron chi connectivity index (χ0n) is 13.6. The Morgan fingerprint density at radius 2 is 1.84 bits per heavy atom. The smallest absolute Gasteiger partial charge is 0.332 e. The van der Waals surface area contributed by atoms with Crippen molar-refractivity contribution < 1.29 is 4.79 Å². The van der Waals surface area contributed by atoms with Crippen molar-refractivity contribution in [2.45, 2.75) is 6.54 Å². The minimum atomic E-state index is -0.501. The second-order valence-corrected chi connectivity index (χ2v) is 5.95. The number of benzene rings is 1. The normalized spacial score (nSPS) is 10.8. The van der Waals surface area contributed by atoms with E-state index in [0.29, 0.717) is 5.02 Å². The summed E-state index contributed by atoms with van der Waals surface area (Å²) in [5.74, 6) is -0.421. The number of amides is 1. The van der Waals surface area contributed by atoms with Gasteiger partial charge in [0.05, 0.1) is 5.39 Å². The lowest BCUT2D eigenvalue weighted by Crippen LogP contribution is -2.37. The number of nitrogens with one attached hydrogen (secondary N) is 1. The van der Waals surface area contributed by atoms with Crippen LogP contribution in [0.25, 0.3) is 11.0 Å². The third-order valence-corrected chi connectivity index (χ3v) is 4.30. The Morgan fingerprint density at radius 3 is 2.56 bits per heavy atom. The molecule has 1 amide bonds. The number of aryl methyl sites for hydroxylation is 1. The quantitative estimate of drug-likeness (QED) is 0.762. The van der Waals surface area contributed by atoms with Gasteiger partial charge in [-0.1, -0.05) is 29.8 Å². The molecule has 0 radical (unpaired) electrons. The van der Waals surface area contributed by atoms with Crippen molar-refractivity contribution in [3.05, 3.63) is 73.5 Å². The maximum absolute atomic E-state index is 12.3. The van der Waals surface area contributed by atoms with Crippen molar-refractivity contribution >= 4 is 28.5 Å². The number of hydrogen-bond acceptors (Lipinski definition) is 4. The highest BCUT2D eigenvalue weighted by Gasteiger charge is 2.14. The molecule has 25 heavy (non-hydrogen) atoms. The van der Waals surface area contributed by atoms with Crippen molar-refractivity contribution in [2.75, 3.05) is 0 Å². The summed E-state index contributed by atoms with van der Waals surface area (Å²) in [7, 11) is 2.90. The first-order valence-corrected chi connectivity index (χ1v) is 7.86. The van der Waals surface area contributed by atoms with Gasteiger partial charge < -0.3 is 5.32 Å². The van der Waals surface area contributed by atoms with E-state index in [1.165, 1.54) is 30.8 Å². The number of halogens is 1. The maximum Gasteiger partial charge on any atom is 0.332 e. The molecule has 2 aromatic heterocycles. The summed E-state index contributed by atoms with van der Waals surface area (Å²) in [5.41, 5.74) is 0.105. The van der Waals surface area contributed by atoms with Gasteiger partial charge in [-0.25, -0.2) is 9.78 Å².